The molecule has 0 amide bonds. The van der Waals surface area contributed by atoms with Crippen LogP contribution in [-0.4, -0.2) is 18.5 Å². The molecule has 1 N–H and O–H groups in total. The van der Waals surface area contributed by atoms with Crippen molar-refractivity contribution in [3.8, 4) is 0 Å². The normalized spacial score (nSPS) is 10.8. The number of aryl methyl sites for hydroxylation is 1. The van der Waals surface area contributed by atoms with E-state index in [1.54, 1.807) is 19.1 Å². The molecule has 15 heavy (non-hydrogen) atoms. The van der Waals surface area contributed by atoms with E-state index < -0.39 is 0 Å². The van der Waals surface area contributed by atoms with Crippen LogP contribution in [0, 0.1) is 17.0 Å². The van der Waals surface area contributed by atoms with Gasteiger partial charge in [-0.15, -0.1) is 0 Å². The predicted octanol–water partition coefficient (Wildman–Crippen LogP) is 2.14. The Balaban J connectivity index is 2.92. The first-order valence-electron chi connectivity index (χ1n) is 4.71. The summed E-state index contributed by atoms with van der Waals surface area (Å²) in [5.74, 6) is 0. The highest BCUT2D eigenvalue weighted by Crippen LogP contribution is 2.19. The zero-order chi connectivity index (χ0) is 11.3. The number of nitrogens with one attached hydrogen (secondary N) is 1. The van der Waals surface area contributed by atoms with Crippen LogP contribution in [0.25, 0.3) is 6.08 Å². The fourth-order valence-electron chi connectivity index (χ4n) is 1.24. The van der Waals surface area contributed by atoms with E-state index in [2.05, 4.69) is 5.32 Å². The van der Waals surface area contributed by atoms with Crippen LogP contribution < -0.4 is 5.32 Å². The molecule has 0 saturated heterocycles. The van der Waals surface area contributed by atoms with E-state index >= 15 is 0 Å². The first kappa shape index (κ1) is 11.4. The maximum absolute atomic E-state index is 10.7. The Labute approximate surface area is 88.8 Å². The summed E-state index contributed by atoms with van der Waals surface area (Å²) in [7, 11) is 1.85. The van der Waals surface area contributed by atoms with Gasteiger partial charge in [0.1, 0.15) is 0 Å². The summed E-state index contributed by atoms with van der Waals surface area (Å²) in [6, 6.07) is 5.22. The number of rotatable bonds is 4. The minimum atomic E-state index is -0.356. The van der Waals surface area contributed by atoms with E-state index in [9.17, 15) is 10.1 Å². The average Bonchev–Trinajstić information content (AvgIpc) is 2.20. The lowest BCUT2D eigenvalue weighted by Gasteiger charge is -1.98. The quantitative estimate of drug-likeness (QED) is 0.606. The van der Waals surface area contributed by atoms with E-state index in [-0.39, 0.29) is 10.6 Å². The van der Waals surface area contributed by atoms with Gasteiger partial charge in [-0.05, 0) is 19.5 Å². The fraction of sp³-hybridized carbons (Fsp3) is 0.273. The summed E-state index contributed by atoms with van der Waals surface area (Å²) in [6.45, 7) is 2.49. The molecule has 0 aliphatic rings. The second kappa shape index (κ2) is 5.26. The molecule has 0 heterocycles. The summed E-state index contributed by atoms with van der Waals surface area (Å²) < 4.78 is 0. The van der Waals surface area contributed by atoms with Crippen molar-refractivity contribution in [2.45, 2.75) is 6.92 Å². The van der Waals surface area contributed by atoms with Crippen LogP contribution in [0.1, 0.15) is 11.1 Å². The third-order valence-electron chi connectivity index (χ3n) is 2.06. The van der Waals surface area contributed by atoms with Gasteiger partial charge in [-0.2, -0.15) is 0 Å². The van der Waals surface area contributed by atoms with Crippen molar-refractivity contribution in [2.24, 2.45) is 0 Å². The maximum Gasteiger partial charge on any atom is 0.272 e. The van der Waals surface area contributed by atoms with E-state index in [4.69, 9.17) is 0 Å². The first-order chi connectivity index (χ1) is 7.15. The van der Waals surface area contributed by atoms with Gasteiger partial charge in [0.2, 0.25) is 0 Å². The van der Waals surface area contributed by atoms with Crippen LogP contribution in [0.2, 0.25) is 0 Å². The molecular weight excluding hydrogens is 192 g/mol. The number of nitro benzene ring substituents is 1. The molecular formula is C11H14N2O2. The van der Waals surface area contributed by atoms with Crippen LogP contribution in [-0.2, 0) is 0 Å². The second-order valence-electron chi connectivity index (χ2n) is 3.26. The van der Waals surface area contributed by atoms with Crippen LogP contribution >= 0.6 is 0 Å². The van der Waals surface area contributed by atoms with E-state index in [0.717, 1.165) is 12.1 Å². The second-order valence-corrected chi connectivity index (χ2v) is 3.26. The monoisotopic (exact) mass is 206 g/mol. The molecule has 0 unspecified atom stereocenters. The molecule has 1 rings (SSSR count). The lowest BCUT2D eigenvalue weighted by atomic mass is 10.1. The zero-order valence-electron chi connectivity index (χ0n) is 8.86. The number of benzene rings is 1. The van der Waals surface area contributed by atoms with Gasteiger partial charge in [0, 0.05) is 18.2 Å². The Morgan fingerprint density at radius 3 is 2.87 bits per heavy atom. The number of nitro groups is 1. The summed E-state index contributed by atoms with van der Waals surface area (Å²) in [5, 5.41) is 13.6. The van der Waals surface area contributed by atoms with Crippen molar-refractivity contribution < 1.29 is 4.92 Å². The first-order valence-corrected chi connectivity index (χ1v) is 4.71. The van der Waals surface area contributed by atoms with Crippen LogP contribution in [0.4, 0.5) is 5.69 Å². The largest absolute Gasteiger partial charge is 0.316 e. The minimum Gasteiger partial charge on any atom is -0.316 e. The highest BCUT2D eigenvalue weighted by molar-refractivity contribution is 5.56. The zero-order valence-corrected chi connectivity index (χ0v) is 8.86. The molecule has 0 saturated carbocycles. The van der Waals surface area contributed by atoms with Gasteiger partial charge < -0.3 is 5.32 Å². The summed E-state index contributed by atoms with van der Waals surface area (Å²) in [4.78, 5) is 10.3. The standard InChI is InChI=1S/C11H14N2O2/c1-9-5-6-10(4-3-7-12-2)8-11(9)13(14)15/h3-6,8,12H,7H2,1-2H3. The molecule has 0 aliphatic heterocycles. The Kier molecular flexibility index (Phi) is 4.00. The molecule has 0 bridgehead atoms. The molecule has 0 radical (unpaired) electrons. The SMILES string of the molecule is CNCC=Cc1ccc(C)c([N+](=O)[O-])c1. The van der Waals surface area contributed by atoms with E-state index in [1.165, 1.54) is 0 Å². The number of likely N-dealkylation sites (N-methyl/N-ethyl adjacent to an activating group) is 1. The van der Waals surface area contributed by atoms with E-state index in [1.807, 2.05) is 25.3 Å². The van der Waals surface area contributed by atoms with Gasteiger partial charge in [0.05, 0.1) is 4.92 Å². The number of hydrogen-bond acceptors (Lipinski definition) is 3. The summed E-state index contributed by atoms with van der Waals surface area (Å²) in [5.41, 5.74) is 1.70. The summed E-state index contributed by atoms with van der Waals surface area (Å²) >= 11 is 0. The summed E-state index contributed by atoms with van der Waals surface area (Å²) in [6.07, 6.45) is 3.79. The molecule has 0 aliphatic carbocycles. The molecule has 1 aromatic rings. The van der Waals surface area contributed by atoms with E-state index in [0.29, 0.717) is 5.56 Å². The van der Waals surface area contributed by atoms with Crippen molar-refractivity contribution in [3.63, 3.8) is 0 Å². The van der Waals surface area contributed by atoms with Crippen LogP contribution in [0.5, 0.6) is 0 Å². The Bertz CT molecular complexity index is 386. The van der Waals surface area contributed by atoms with Crippen molar-refractivity contribution >= 4 is 11.8 Å². The topological polar surface area (TPSA) is 55.2 Å². The van der Waals surface area contributed by atoms with Crippen molar-refractivity contribution in [3.05, 3.63) is 45.5 Å². The molecule has 0 fully saturated rings. The maximum atomic E-state index is 10.7. The lowest BCUT2D eigenvalue weighted by Crippen LogP contribution is -2.03. The number of hydrogen-bond donors (Lipinski definition) is 1. The smallest absolute Gasteiger partial charge is 0.272 e. The van der Waals surface area contributed by atoms with Gasteiger partial charge in [-0.1, -0.05) is 24.3 Å². The molecule has 0 aromatic heterocycles. The molecule has 1 aromatic carbocycles. The van der Waals surface area contributed by atoms with Gasteiger partial charge in [-0.25, -0.2) is 0 Å². The van der Waals surface area contributed by atoms with Gasteiger partial charge in [0.25, 0.3) is 5.69 Å². The van der Waals surface area contributed by atoms with Gasteiger partial charge in [-0.3, -0.25) is 10.1 Å². The lowest BCUT2D eigenvalue weighted by molar-refractivity contribution is -0.385. The van der Waals surface area contributed by atoms with Crippen molar-refractivity contribution in [1.82, 2.24) is 5.32 Å². The third kappa shape index (κ3) is 3.18. The van der Waals surface area contributed by atoms with Gasteiger partial charge in [0.15, 0.2) is 0 Å². The van der Waals surface area contributed by atoms with Gasteiger partial charge >= 0.3 is 0 Å². The predicted molar refractivity (Wildman–Crippen MR) is 60.8 cm³/mol. The molecule has 0 atom stereocenters. The highest BCUT2D eigenvalue weighted by Gasteiger charge is 2.09. The van der Waals surface area contributed by atoms with Crippen LogP contribution in [0.15, 0.2) is 24.3 Å². The molecule has 80 valence electrons. The molecule has 4 nitrogen and oxygen atoms in total. The minimum absolute atomic E-state index is 0.168. The highest BCUT2D eigenvalue weighted by atomic mass is 16.6. The molecule has 0 spiro atoms. The van der Waals surface area contributed by atoms with Crippen molar-refractivity contribution in [1.29, 1.82) is 0 Å². The molecule has 4 heteroatoms. The van der Waals surface area contributed by atoms with Crippen LogP contribution in [0.3, 0.4) is 0 Å². The van der Waals surface area contributed by atoms with Crippen molar-refractivity contribution in [2.75, 3.05) is 13.6 Å². The average molecular weight is 206 g/mol. The Hall–Kier alpha value is -1.68. The third-order valence-corrected chi connectivity index (χ3v) is 2.06. The fourth-order valence-corrected chi connectivity index (χ4v) is 1.24. The Morgan fingerprint density at radius 2 is 2.27 bits per heavy atom. The number of nitrogens with zero attached hydrogens (tertiary/aromatic N) is 1. The Morgan fingerprint density at radius 1 is 1.53 bits per heavy atom.